The molecule has 1 aromatic carbocycles. The number of aliphatic carboxylic acids is 1. The largest absolute Gasteiger partial charge is 0.480 e. The lowest BCUT2D eigenvalue weighted by Gasteiger charge is -2.29. The Morgan fingerprint density at radius 1 is 0.909 bits per heavy atom. The van der Waals surface area contributed by atoms with Crippen LogP contribution in [0.5, 0.6) is 0 Å². The number of rotatable bonds is 13. The van der Waals surface area contributed by atoms with E-state index >= 15 is 0 Å². The van der Waals surface area contributed by atoms with Gasteiger partial charge in [0.25, 0.3) is 0 Å². The topological polar surface area (TPSA) is 171 Å². The van der Waals surface area contributed by atoms with Crippen LogP contribution in [0.1, 0.15) is 39.7 Å². The van der Waals surface area contributed by atoms with Crippen molar-refractivity contribution in [2.24, 2.45) is 17.6 Å². The molecule has 0 fully saturated rings. The van der Waals surface area contributed by atoms with Gasteiger partial charge in [-0.3, -0.25) is 14.4 Å². The maximum absolute atomic E-state index is 13.0. The zero-order chi connectivity index (χ0) is 25.1. The molecule has 0 saturated carbocycles. The van der Waals surface area contributed by atoms with Gasteiger partial charge in [0.2, 0.25) is 17.7 Å². The first-order chi connectivity index (χ1) is 15.5. The van der Waals surface area contributed by atoms with E-state index in [0.717, 1.165) is 5.56 Å². The van der Waals surface area contributed by atoms with Crippen molar-refractivity contribution in [3.63, 3.8) is 0 Å². The van der Waals surface area contributed by atoms with Gasteiger partial charge in [-0.25, -0.2) is 4.79 Å². The molecule has 0 aliphatic carbocycles. The van der Waals surface area contributed by atoms with Crippen molar-refractivity contribution < 1.29 is 29.4 Å². The third kappa shape index (κ3) is 8.82. The van der Waals surface area contributed by atoms with Gasteiger partial charge in [-0.2, -0.15) is 0 Å². The highest BCUT2D eigenvalue weighted by molar-refractivity contribution is 5.94. The highest BCUT2D eigenvalue weighted by Gasteiger charge is 2.33. The van der Waals surface area contributed by atoms with Gasteiger partial charge in [0, 0.05) is 6.42 Å². The number of aliphatic hydroxyl groups is 1. The zero-order valence-electron chi connectivity index (χ0n) is 19.6. The number of aliphatic hydroxyl groups excluding tert-OH is 1. The number of nitrogens with two attached hydrogens (primary N) is 1. The van der Waals surface area contributed by atoms with E-state index in [0.29, 0.717) is 6.42 Å². The van der Waals surface area contributed by atoms with Crippen molar-refractivity contribution >= 4 is 23.7 Å². The Bertz CT molecular complexity index is 801. The van der Waals surface area contributed by atoms with E-state index < -0.39 is 54.5 Å². The second-order valence-electron chi connectivity index (χ2n) is 8.48. The molecular formula is C23H36N4O6. The molecule has 0 spiro atoms. The zero-order valence-corrected chi connectivity index (χ0v) is 19.6. The minimum Gasteiger partial charge on any atom is -0.480 e. The average molecular weight is 465 g/mol. The minimum atomic E-state index is -1.19. The van der Waals surface area contributed by atoms with Crippen LogP contribution in [0.15, 0.2) is 30.3 Å². The van der Waals surface area contributed by atoms with Crippen LogP contribution in [-0.4, -0.2) is 64.7 Å². The lowest BCUT2D eigenvalue weighted by atomic mass is 9.96. The van der Waals surface area contributed by atoms with E-state index in [-0.39, 0.29) is 18.3 Å². The summed E-state index contributed by atoms with van der Waals surface area (Å²) < 4.78 is 0. The molecule has 5 unspecified atom stereocenters. The Morgan fingerprint density at radius 3 is 1.94 bits per heavy atom. The van der Waals surface area contributed by atoms with E-state index in [4.69, 9.17) is 10.8 Å². The summed E-state index contributed by atoms with van der Waals surface area (Å²) in [6, 6.07) is 4.54. The number of carboxylic acids is 1. The molecule has 0 aliphatic rings. The van der Waals surface area contributed by atoms with Crippen molar-refractivity contribution in [3.8, 4) is 0 Å². The van der Waals surface area contributed by atoms with Crippen molar-refractivity contribution in [2.45, 2.75) is 64.7 Å². The molecule has 0 aromatic heterocycles. The Balaban J connectivity index is 2.97. The molecule has 10 nitrogen and oxygen atoms in total. The van der Waals surface area contributed by atoms with Crippen LogP contribution in [-0.2, 0) is 25.6 Å². The van der Waals surface area contributed by atoms with Crippen molar-refractivity contribution in [3.05, 3.63) is 35.9 Å². The van der Waals surface area contributed by atoms with Gasteiger partial charge < -0.3 is 31.9 Å². The fourth-order valence-corrected chi connectivity index (χ4v) is 3.13. The number of hydrogen-bond donors (Lipinski definition) is 6. The van der Waals surface area contributed by atoms with E-state index in [1.165, 1.54) is 0 Å². The number of hydrogen-bond acceptors (Lipinski definition) is 6. The number of amides is 3. The summed E-state index contributed by atoms with van der Waals surface area (Å²) in [5.74, 6) is -3.73. The monoisotopic (exact) mass is 464 g/mol. The summed E-state index contributed by atoms with van der Waals surface area (Å²) in [6.07, 6.45) is 0.648. The number of nitrogens with one attached hydrogen (secondary N) is 3. The molecule has 0 saturated heterocycles. The van der Waals surface area contributed by atoms with Crippen LogP contribution in [0.4, 0.5) is 0 Å². The summed E-state index contributed by atoms with van der Waals surface area (Å²) in [5, 5.41) is 26.3. The first-order valence-electron chi connectivity index (χ1n) is 11.1. The van der Waals surface area contributed by atoms with Gasteiger partial charge in [0.05, 0.1) is 6.61 Å². The molecule has 7 N–H and O–H groups in total. The highest BCUT2D eigenvalue weighted by Crippen LogP contribution is 2.11. The van der Waals surface area contributed by atoms with Crippen LogP contribution < -0.4 is 21.7 Å². The summed E-state index contributed by atoms with van der Waals surface area (Å²) in [5.41, 5.74) is 6.28. The first kappa shape index (κ1) is 28.1. The van der Waals surface area contributed by atoms with Gasteiger partial charge >= 0.3 is 5.97 Å². The molecule has 1 aromatic rings. The third-order valence-electron chi connectivity index (χ3n) is 5.47. The van der Waals surface area contributed by atoms with Gasteiger partial charge in [-0.15, -0.1) is 0 Å². The molecule has 0 radical (unpaired) electrons. The number of carbonyl (C=O) groups is 4. The maximum Gasteiger partial charge on any atom is 0.326 e. The normalized spacial score (nSPS) is 15.6. The van der Waals surface area contributed by atoms with E-state index in [1.807, 2.05) is 13.0 Å². The number of benzene rings is 1. The van der Waals surface area contributed by atoms with Crippen molar-refractivity contribution in [2.75, 3.05) is 6.61 Å². The highest BCUT2D eigenvalue weighted by atomic mass is 16.4. The number of carboxylic acid groups (broad SMARTS) is 1. The average Bonchev–Trinajstić information content (AvgIpc) is 2.79. The Morgan fingerprint density at radius 2 is 1.45 bits per heavy atom. The second-order valence-corrected chi connectivity index (χ2v) is 8.48. The molecule has 0 bridgehead atoms. The third-order valence-corrected chi connectivity index (χ3v) is 5.47. The molecule has 5 atom stereocenters. The van der Waals surface area contributed by atoms with Crippen LogP contribution in [0.3, 0.4) is 0 Å². The molecule has 33 heavy (non-hydrogen) atoms. The van der Waals surface area contributed by atoms with Gasteiger partial charge in [0.15, 0.2) is 0 Å². The minimum absolute atomic E-state index is 0.0886. The molecule has 0 heterocycles. The summed E-state index contributed by atoms with van der Waals surface area (Å²) in [4.78, 5) is 49.8. The predicted molar refractivity (Wildman–Crippen MR) is 123 cm³/mol. The number of carbonyl (C=O) groups excluding carboxylic acids is 3. The predicted octanol–water partition coefficient (Wildman–Crippen LogP) is -0.210. The van der Waals surface area contributed by atoms with E-state index in [2.05, 4.69) is 16.0 Å². The maximum atomic E-state index is 13.0. The SMILES string of the molecule is CCC(C)C(NC(=O)C(N)CO)C(=O)NC(C(=O)NC(Cc1ccccc1)C(=O)O)C(C)C. The van der Waals surface area contributed by atoms with Crippen molar-refractivity contribution in [1.82, 2.24) is 16.0 Å². The fourth-order valence-electron chi connectivity index (χ4n) is 3.13. The molecular weight excluding hydrogens is 428 g/mol. The van der Waals surface area contributed by atoms with Crippen LogP contribution in [0.2, 0.25) is 0 Å². The van der Waals surface area contributed by atoms with Gasteiger partial charge in [0.1, 0.15) is 24.2 Å². The summed E-state index contributed by atoms with van der Waals surface area (Å²) in [6.45, 7) is 6.47. The van der Waals surface area contributed by atoms with Crippen LogP contribution >= 0.6 is 0 Å². The molecule has 3 amide bonds. The van der Waals surface area contributed by atoms with Crippen molar-refractivity contribution in [1.29, 1.82) is 0 Å². The van der Waals surface area contributed by atoms with Crippen LogP contribution in [0.25, 0.3) is 0 Å². The standard InChI is InChI=1S/C23H36N4O6/c1-5-14(4)19(27-20(29)16(24)12-28)22(31)26-18(13(2)3)21(30)25-17(23(32)33)11-15-9-7-6-8-10-15/h6-10,13-14,16-19,28H,5,11-12,24H2,1-4H3,(H,25,30)(H,26,31)(H,27,29)(H,32,33). The first-order valence-corrected chi connectivity index (χ1v) is 11.1. The molecule has 0 aliphatic heterocycles. The molecule has 10 heteroatoms. The second kappa shape index (κ2) is 13.5. The lowest BCUT2D eigenvalue weighted by molar-refractivity contribution is -0.142. The van der Waals surface area contributed by atoms with Gasteiger partial charge in [-0.05, 0) is 17.4 Å². The quantitative estimate of drug-likeness (QED) is 0.234. The van der Waals surface area contributed by atoms with E-state index in [9.17, 15) is 24.3 Å². The van der Waals surface area contributed by atoms with Gasteiger partial charge in [-0.1, -0.05) is 64.4 Å². The lowest BCUT2D eigenvalue weighted by Crippen LogP contribution is -2.60. The smallest absolute Gasteiger partial charge is 0.326 e. The van der Waals surface area contributed by atoms with Crippen LogP contribution in [0, 0.1) is 11.8 Å². The Kier molecular flexibility index (Phi) is 11.5. The van der Waals surface area contributed by atoms with E-state index in [1.54, 1.807) is 45.0 Å². The summed E-state index contributed by atoms with van der Waals surface area (Å²) in [7, 11) is 0. The summed E-state index contributed by atoms with van der Waals surface area (Å²) >= 11 is 0. The Hall–Kier alpha value is -2.98. The molecule has 184 valence electrons. The molecule has 1 rings (SSSR count). The Labute approximate surface area is 194 Å². The fraction of sp³-hybridized carbons (Fsp3) is 0.565.